The van der Waals surface area contributed by atoms with Crippen LogP contribution in [0.1, 0.15) is 17.4 Å². The van der Waals surface area contributed by atoms with Crippen LogP contribution in [0.25, 0.3) is 0 Å². The van der Waals surface area contributed by atoms with Crippen molar-refractivity contribution in [1.29, 1.82) is 5.26 Å². The molecule has 0 bridgehead atoms. The second kappa shape index (κ2) is 6.03. The maximum Gasteiger partial charge on any atom is 0.221 e. The van der Waals surface area contributed by atoms with Crippen molar-refractivity contribution >= 4 is 28.6 Å². The van der Waals surface area contributed by atoms with E-state index in [1.807, 2.05) is 23.6 Å². The predicted molar refractivity (Wildman–Crippen MR) is 77.1 cm³/mol. The van der Waals surface area contributed by atoms with Gasteiger partial charge < -0.3 is 10.6 Å². The number of nitrogens with zero attached hydrogens (tertiary/aromatic N) is 1. The lowest BCUT2D eigenvalue weighted by molar-refractivity contribution is -0.114. The molecule has 0 spiro atoms. The third-order valence-electron chi connectivity index (χ3n) is 2.50. The van der Waals surface area contributed by atoms with E-state index in [1.165, 1.54) is 6.92 Å². The summed E-state index contributed by atoms with van der Waals surface area (Å²) in [6.07, 6.45) is 0. The molecule has 96 valence electrons. The van der Waals surface area contributed by atoms with Gasteiger partial charge in [0.05, 0.1) is 23.9 Å². The molecule has 0 saturated heterocycles. The number of anilines is 2. The van der Waals surface area contributed by atoms with E-state index in [2.05, 4.69) is 16.7 Å². The van der Waals surface area contributed by atoms with Gasteiger partial charge in [0, 0.05) is 17.5 Å². The molecular weight excluding hydrogens is 258 g/mol. The number of rotatable bonds is 4. The summed E-state index contributed by atoms with van der Waals surface area (Å²) in [5.41, 5.74) is 2.35. The van der Waals surface area contributed by atoms with Crippen molar-refractivity contribution in [2.45, 2.75) is 13.5 Å². The predicted octanol–water partition coefficient (Wildman–Crippen LogP) is 3.19. The number of hydrogen-bond acceptors (Lipinski definition) is 4. The van der Waals surface area contributed by atoms with Crippen LogP contribution >= 0.6 is 11.3 Å². The molecule has 1 amide bonds. The summed E-state index contributed by atoms with van der Waals surface area (Å²) in [7, 11) is 0. The van der Waals surface area contributed by atoms with Gasteiger partial charge in [0.1, 0.15) is 0 Å². The van der Waals surface area contributed by atoms with Crippen LogP contribution in [0.4, 0.5) is 11.4 Å². The van der Waals surface area contributed by atoms with E-state index in [9.17, 15) is 4.79 Å². The summed E-state index contributed by atoms with van der Waals surface area (Å²) in [6.45, 7) is 2.10. The Morgan fingerprint density at radius 2 is 2.26 bits per heavy atom. The lowest BCUT2D eigenvalue weighted by Crippen LogP contribution is -2.08. The molecule has 1 aromatic heterocycles. The van der Waals surface area contributed by atoms with Gasteiger partial charge in [-0.25, -0.2) is 0 Å². The summed E-state index contributed by atoms with van der Waals surface area (Å²) in [5.74, 6) is -0.0777. The Hall–Kier alpha value is -2.32. The second-order valence-corrected chi connectivity index (χ2v) is 4.99. The van der Waals surface area contributed by atoms with Crippen LogP contribution in [0, 0.1) is 11.3 Å². The first-order chi connectivity index (χ1) is 9.19. The zero-order valence-corrected chi connectivity index (χ0v) is 11.3. The SMILES string of the molecule is CC(=O)Nc1ccsc1CNc1cccc(C#N)c1. The summed E-state index contributed by atoms with van der Waals surface area (Å²) in [5, 5.41) is 16.8. The number of carbonyl (C=O) groups excluding carboxylic acids is 1. The molecule has 19 heavy (non-hydrogen) atoms. The molecule has 2 rings (SSSR count). The van der Waals surface area contributed by atoms with Crippen molar-refractivity contribution in [2.24, 2.45) is 0 Å². The van der Waals surface area contributed by atoms with Crippen LogP contribution in [-0.4, -0.2) is 5.91 Å². The molecule has 0 aliphatic heterocycles. The molecule has 0 aliphatic rings. The highest BCUT2D eigenvalue weighted by Gasteiger charge is 2.05. The van der Waals surface area contributed by atoms with Gasteiger partial charge in [-0.1, -0.05) is 6.07 Å². The third kappa shape index (κ3) is 3.57. The first-order valence-electron chi connectivity index (χ1n) is 5.77. The Balaban J connectivity index is 2.04. The van der Waals surface area contributed by atoms with E-state index in [0.717, 1.165) is 16.3 Å². The van der Waals surface area contributed by atoms with Crippen molar-refractivity contribution in [3.8, 4) is 6.07 Å². The van der Waals surface area contributed by atoms with Gasteiger partial charge in [-0.2, -0.15) is 5.26 Å². The maximum atomic E-state index is 11.1. The van der Waals surface area contributed by atoms with Gasteiger partial charge in [-0.15, -0.1) is 11.3 Å². The molecule has 0 atom stereocenters. The fourth-order valence-electron chi connectivity index (χ4n) is 1.66. The fraction of sp³-hybridized carbons (Fsp3) is 0.143. The molecule has 0 unspecified atom stereocenters. The lowest BCUT2D eigenvalue weighted by Gasteiger charge is -2.07. The fourth-order valence-corrected chi connectivity index (χ4v) is 2.43. The standard InChI is InChI=1S/C14H13N3OS/c1-10(18)17-13-5-6-19-14(13)9-16-12-4-2-3-11(7-12)8-15/h2-7,16H,9H2,1H3,(H,17,18). The van der Waals surface area contributed by atoms with E-state index in [4.69, 9.17) is 5.26 Å². The minimum absolute atomic E-state index is 0.0777. The van der Waals surface area contributed by atoms with Crippen LogP contribution in [-0.2, 0) is 11.3 Å². The highest BCUT2D eigenvalue weighted by molar-refractivity contribution is 7.10. The Morgan fingerprint density at radius 1 is 1.42 bits per heavy atom. The first kappa shape index (κ1) is 13.1. The van der Waals surface area contributed by atoms with Crippen molar-refractivity contribution in [1.82, 2.24) is 0 Å². The molecular formula is C14H13N3OS. The third-order valence-corrected chi connectivity index (χ3v) is 3.42. The summed E-state index contributed by atoms with van der Waals surface area (Å²) >= 11 is 1.58. The van der Waals surface area contributed by atoms with Gasteiger partial charge >= 0.3 is 0 Å². The molecule has 2 aromatic rings. The molecule has 0 fully saturated rings. The van der Waals surface area contributed by atoms with Gasteiger partial charge in [0.15, 0.2) is 0 Å². The van der Waals surface area contributed by atoms with Gasteiger partial charge in [-0.05, 0) is 29.6 Å². The Kier molecular flexibility index (Phi) is 4.16. The minimum atomic E-state index is -0.0777. The molecule has 5 heteroatoms. The molecule has 4 nitrogen and oxygen atoms in total. The van der Waals surface area contributed by atoms with E-state index in [1.54, 1.807) is 23.5 Å². The summed E-state index contributed by atoms with van der Waals surface area (Å²) in [6, 6.07) is 11.3. The van der Waals surface area contributed by atoms with Crippen LogP contribution in [0.5, 0.6) is 0 Å². The molecule has 1 aromatic carbocycles. The number of benzene rings is 1. The average molecular weight is 271 g/mol. The summed E-state index contributed by atoms with van der Waals surface area (Å²) in [4.78, 5) is 12.1. The molecule has 2 N–H and O–H groups in total. The topological polar surface area (TPSA) is 64.9 Å². The van der Waals surface area contributed by atoms with E-state index < -0.39 is 0 Å². The Labute approximate surface area is 115 Å². The van der Waals surface area contributed by atoms with Gasteiger partial charge in [0.2, 0.25) is 5.91 Å². The molecule has 0 saturated carbocycles. The zero-order valence-electron chi connectivity index (χ0n) is 10.4. The van der Waals surface area contributed by atoms with Gasteiger partial charge in [0.25, 0.3) is 0 Å². The number of thiophene rings is 1. The maximum absolute atomic E-state index is 11.1. The number of nitriles is 1. The first-order valence-corrected chi connectivity index (χ1v) is 6.65. The van der Waals surface area contributed by atoms with Crippen LogP contribution < -0.4 is 10.6 Å². The zero-order chi connectivity index (χ0) is 13.7. The average Bonchev–Trinajstić information content (AvgIpc) is 2.83. The normalized spacial score (nSPS) is 9.68. The van der Waals surface area contributed by atoms with Crippen molar-refractivity contribution in [3.05, 3.63) is 46.2 Å². The van der Waals surface area contributed by atoms with E-state index >= 15 is 0 Å². The number of hydrogen-bond donors (Lipinski definition) is 2. The largest absolute Gasteiger partial charge is 0.380 e. The van der Waals surface area contributed by atoms with E-state index in [0.29, 0.717) is 12.1 Å². The molecule has 1 heterocycles. The summed E-state index contributed by atoms with van der Waals surface area (Å²) < 4.78 is 0. The number of nitrogens with one attached hydrogen (secondary N) is 2. The van der Waals surface area contributed by atoms with Crippen LogP contribution in [0.3, 0.4) is 0 Å². The Bertz CT molecular complexity index is 628. The van der Waals surface area contributed by atoms with Crippen LogP contribution in [0.2, 0.25) is 0 Å². The van der Waals surface area contributed by atoms with Gasteiger partial charge in [-0.3, -0.25) is 4.79 Å². The lowest BCUT2D eigenvalue weighted by atomic mass is 10.2. The highest BCUT2D eigenvalue weighted by atomic mass is 32.1. The van der Waals surface area contributed by atoms with E-state index in [-0.39, 0.29) is 5.91 Å². The number of carbonyl (C=O) groups is 1. The number of amides is 1. The van der Waals surface area contributed by atoms with Crippen molar-refractivity contribution in [3.63, 3.8) is 0 Å². The van der Waals surface area contributed by atoms with Crippen LogP contribution in [0.15, 0.2) is 35.7 Å². The van der Waals surface area contributed by atoms with Crippen molar-refractivity contribution in [2.75, 3.05) is 10.6 Å². The van der Waals surface area contributed by atoms with Crippen molar-refractivity contribution < 1.29 is 4.79 Å². The second-order valence-electron chi connectivity index (χ2n) is 3.98. The molecule has 0 aliphatic carbocycles. The smallest absolute Gasteiger partial charge is 0.221 e. The monoisotopic (exact) mass is 271 g/mol. The minimum Gasteiger partial charge on any atom is -0.380 e. The quantitative estimate of drug-likeness (QED) is 0.897. The Morgan fingerprint density at radius 3 is 3.00 bits per heavy atom. The molecule has 0 radical (unpaired) electrons. The highest BCUT2D eigenvalue weighted by Crippen LogP contribution is 2.23.